The Kier molecular flexibility index (Phi) is 6.09. The average molecular weight is 169 g/mol. The highest BCUT2D eigenvalue weighted by molar-refractivity contribution is 4.97. The van der Waals surface area contributed by atoms with E-state index >= 15 is 0 Å². The number of rotatable bonds is 6. The molecule has 0 fully saturated rings. The molecule has 2 atom stereocenters. The van der Waals surface area contributed by atoms with Gasteiger partial charge in [-0.15, -0.1) is 0 Å². The molecule has 0 saturated heterocycles. The normalized spacial score (nSPS) is 15.7. The summed E-state index contributed by atoms with van der Waals surface area (Å²) >= 11 is 0. The van der Waals surface area contributed by atoms with Crippen molar-refractivity contribution < 1.29 is 0 Å². The highest BCUT2D eigenvalue weighted by atomic mass is 14.9. The molecule has 0 aliphatic carbocycles. The third-order valence-electron chi connectivity index (χ3n) is 2.71. The third kappa shape index (κ3) is 3.91. The Morgan fingerprint density at radius 2 is 2.00 bits per heavy atom. The zero-order valence-electron chi connectivity index (χ0n) is 8.98. The highest BCUT2D eigenvalue weighted by Crippen LogP contribution is 2.16. The van der Waals surface area contributed by atoms with Crippen LogP contribution in [0.1, 0.15) is 40.0 Å². The first-order valence-electron chi connectivity index (χ1n) is 4.99. The van der Waals surface area contributed by atoms with E-state index in [0.29, 0.717) is 6.04 Å². The van der Waals surface area contributed by atoms with Crippen molar-refractivity contribution >= 4 is 0 Å². The first-order chi connectivity index (χ1) is 5.65. The zero-order chi connectivity index (χ0) is 9.56. The molecule has 0 amide bonds. The molecule has 0 aromatic rings. The minimum atomic E-state index is 0.613. The topological polar surface area (TPSA) is 12.0 Å². The third-order valence-corrected chi connectivity index (χ3v) is 2.71. The summed E-state index contributed by atoms with van der Waals surface area (Å²) in [6.45, 7) is 10.7. The van der Waals surface area contributed by atoms with Crippen LogP contribution in [-0.2, 0) is 0 Å². The minimum Gasteiger partial charge on any atom is -0.316 e. The Bertz CT molecular complexity index is 129. The van der Waals surface area contributed by atoms with Crippen molar-refractivity contribution in [1.29, 1.82) is 0 Å². The van der Waals surface area contributed by atoms with Crippen LogP contribution in [0.15, 0.2) is 12.2 Å². The van der Waals surface area contributed by atoms with Gasteiger partial charge in [-0.1, -0.05) is 39.3 Å². The molecule has 72 valence electrons. The van der Waals surface area contributed by atoms with E-state index in [1.165, 1.54) is 12.0 Å². The second-order valence-corrected chi connectivity index (χ2v) is 3.59. The monoisotopic (exact) mass is 169 g/mol. The van der Waals surface area contributed by atoms with Gasteiger partial charge < -0.3 is 5.32 Å². The van der Waals surface area contributed by atoms with Gasteiger partial charge in [0.15, 0.2) is 0 Å². The summed E-state index contributed by atoms with van der Waals surface area (Å²) in [5.74, 6) is 0.748. The summed E-state index contributed by atoms with van der Waals surface area (Å²) < 4.78 is 0. The smallest absolute Gasteiger partial charge is 0.0127 e. The Morgan fingerprint density at radius 1 is 1.42 bits per heavy atom. The van der Waals surface area contributed by atoms with Crippen molar-refractivity contribution in [1.82, 2.24) is 5.32 Å². The average Bonchev–Trinajstić information content (AvgIpc) is 2.12. The van der Waals surface area contributed by atoms with Gasteiger partial charge in [0.1, 0.15) is 0 Å². The summed E-state index contributed by atoms with van der Waals surface area (Å²) in [6, 6.07) is 0.613. The van der Waals surface area contributed by atoms with E-state index in [9.17, 15) is 0 Å². The summed E-state index contributed by atoms with van der Waals surface area (Å²) in [5.41, 5.74) is 1.36. The standard InChI is InChI=1S/C11H23N/c1-6-9(3)8-11(12-5)10(4)7-2/h10-12H,3,6-8H2,1-2,4-5H3. The summed E-state index contributed by atoms with van der Waals surface area (Å²) in [7, 11) is 2.04. The molecular weight excluding hydrogens is 146 g/mol. The van der Waals surface area contributed by atoms with E-state index < -0.39 is 0 Å². The van der Waals surface area contributed by atoms with E-state index in [4.69, 9.17) is 0 Å². The molecule has 12 heavy (non-hydrogen) atoms. The van der Waals surface area contributed by atoms with Gasteiger partial charge >= 0.3 is 0 Å². The summed E-state index contributed by atoms with van der Waals surface area (Å²) in [4.78, 5) is 0. The van der Waals surface area contributed by atoms with Crippen LogP contribution in [0.5, 0.6) is 0 Å². The number of hydrogen-bond acceptors (Lipinski definition) is 1. The first kappa shape index (κ1) is 11.7. The maximum atomic E-state index is 4.04. The van der Waals surface area contributed by atoms with E-state index in [-0.39, 0.29) is 0 Å². The van der Waals surface area contributed by atoms with Crippen LogP contribution >= 0.6 is 0 Å². The quantitative estimate of drug-likeness (QED) is 0.603. The lowest BCUT2D eigenvalue weighted by molar-refractivity contribution is 0.384. The molecule has 0 radical (unpaired) electrons. The van der Waals surface area contributed by atoms with Gasteiger partial charge in [0, 0.05) is 6.04 Å². The van der Waals surface area contributed by atoms with Crippen LogP contribution in [0.3, 0.4) is 0 Å². The van der Waals surface area contributed by atoms with Crippen molar-refractivity contribution in [3.8, 4) is 0 Å². The molecule has 1 N–H and O–H groups in total. The SMILES string of the molecule is C=C(CC)CC(NC)C(C)CC. The Labute approximate surface area is 77.2 Å². The first-order valence-corrected chi connectivity index (χ1v) is 4.99. The molecule has 0 aromatic carbocycles. The highest BCUT2D eigenvalue weighted by Gasteiger charge is 2.13. The van der Waals surface area contributed by atoms with Crippen molar-refractivity contribution in [2.24, 2.45) is 5.92 Å². The van der Waals surface area contributed by atoms with Crippen LogP contribution in [0, 0.1) is 5.92 Å². The lowest BCUT2D eigenvalue weighted by Gasteiger charge is -2.23. The maximum absolute atomic E-state index is 4.04. The molecule has 0 rings (SSSR count). The van der Waals surface area contributed by atoms with Crippen molar-refractivity contribution in [3.05, 3.63) is 12.2 Å². The lowest BCUT2D eigenvalue weighted by Crippen LogP contribution is -2.32. The van der Waals surface area contributed by atoms with Crippen LogP contribution in [0.4, 0.5) is 0 Å². The van der Waals surface area contributed by atoms with Gasteiger partial charge in [0.25, 0.3) is 0 Å². The van der Waals surface area contributed by atoms with E-state index in [1.807, 2.05) is 7.05 Å². The van der Waals surface area contributed by atoms with Gasteiger partial charge in [-0.3, -0.25) is 0 Å². The Balaban J connectivity index is 3.90. The molecule has 0 bridgehead atoms. The second-order valence-electron chi connectivity index (χ2n) is 3.59. The predicted molar refractivity (Wildman–Crippen MR) is 56.4 cm³/mol. The van der Waals surface area contributed by atoms with Crippen molar-refractivity contribution in [2.75, 3.05) is 7.05 Å². The maximum Gasteiger partial charge on any atom is 0.0127 e. The van der Waals surface area contributed by atoms with Crippen LogP contribution in [0.2, 0.25) is 0 Å². The van der Waals surface area contributed by atoms with Crippen LogP contribution < -0.4 is 5.32 Å². The van der Waals surface area contributed by atoms with E-state index in [2.05, 4.69) is 32.7 Å². The molecule has 0 aliphatic rings. The Hall–Kier alpha value is -0.300. The second kappa shape index (κ2) is 6.24. The van der Waals surface area contributed by atoms with Gasteiger partial charge in [-0.05, 0) is 25.8 Å². The molecule has 0 aromatic heterocycles. The zero-order valence-corrected chi connectivity index (χ0v) is 8.98. The molecule has 1 heteroatoms. The fraction of sp³-hybridized carbons (Fsp3) is 0.818. The molecule has 0 aliphatic heterocycles. The van der Waals surface area contributed by atoms with Gasteiger partial charge in [-0.2, -0.15) is 0 Å². The fourth-order valence-corrected chi connectivity index (χ4v) is 1.33. The molecular formula is C11H23N. The van der Waals surface area contributed by atoms with Crippen molar-refractivity contribution in [3.63, 3.8) is 0 Å². The van der Waals surface area contributed by atoms with Crippen molar-refractivity contribution in [2.45, 2.75) is 46.1 Å². The molecule has 1 nitrogen and oxygen atoms in total. The molecule has 0 saturated carbocycles. The number of nitrogens with one attached hydrogen (secondary N) is 1. The van der Waals surface area contributed by atoms with Crippen LogP contribution in [-0.4, -0.2) is 13.1 Å². The molecule has 0 heterocycles. The Morgan fingerprint density at radius 3 is 2.33 bits per heavy atom. The van der Waals surface area contributed by atoms with E-state index in [0.717, 1.165) is 18.8 Å². The van der Waals surface area contributed by atoms with E-state index in [1.54, 1.807) is 0 Å². The van der Waals surface area contributed by atoms with Crippen LogP contribution in [0.25, 0.3) is 0 Å². The fourth-order valence-electron chi connectivity index (χ4n) is 1.33. The van der Waals surface area contributed by atoms with Gasteiger partial charge in [0.05, 0.1) is 0 Å². The minimum absolute atomic E-state index is 0.613. The lowest BCUT2D eigenvalue weighted by atomic mass is 9.93. The molecule has 0 spiro atoms. The number of hydrogen-bond donors (Lipinski definition) is 1. The van der Waals surface area contributed by atoms with Gasteiger partial charge in [0.2, 0.25) is 0 Å². The summed E-state index contributed by atoms with van der Waals surface area (Å²) in [6.07, 6.45) is 3.47. The predicted octanol–water partition coefficient (Wildman–Crippen LogP) is 2.98. The van der Waals surface area contributed by atoms with Gasteiger partial charge in [-0.25, -0.2) is 0 Å². The summed E-state index contributed by atoms with van der Waals surface area (Å²) in [5, 5.41) is 3.36. The largest absolute Gasteiger partial charge is 0.316 e. The molecule has 2 unspecified atom stereocenters.